The molecule has 1 aliphatic carbocycles. The minimum absolute atomic E-state index is 0.362. The van der Waals surface area contributed by atoms with Gasteiger partial charge >= 0.3 is 12.1 Å². The van der Waals surface area contributed by atoms with Crippen molar-refractivity contribution in [3.63, 3.8) is 0 Å². The molecule has 2 aliphatic rings. The van der Waals surface area contributed by atoms with E-state index in [0.29, 0.717) is 10.1 Å². The van der Waals surface area contributed by atoms with Crippen LogP contribution in [0.5, 0.6) is 0 Å². The van der Waals surface area contributed by atoms with E-state index in [9.17, 15) is 14.4 Å². The summed E-state index contributed by atoms with van der Waals surface area (Å²) in [6.45, 7) is 8.50. The Bertz CT molecular complexity index is 822. The van der Waals surface area contributed by atoms with Crippen LogP contribution in [0.3, 0.4) is 0 Å². The fraction of sp³-hybridized carbons (Fsp3) is 0.556. The summed E-state index contributed by atoms with van der Waals surface area (Å²) in [5.41, 5.74) is -0.0279. The maximum atomic E-state index is 11.7. The third-order valence-corrected chi connectivity index (χ3v) is 5.60. The minimum Gasteiger partial charge on any atom is -0.444 e. The molecule has 0 radical (unpaired) electrons. The number of carbonyl (C=O) groups excluding carboxylic acids is 3. The van der Waals surface area contributed by atoms with Crippen molar-refractivity contribution in [1.29, 1.82) is 0 Å². The van der Waals surface area contributed by atoms with Crippen LogP contribution in [0.15, 0.2) is 18.5 Å². The molecule has 1 aromatic heterocycles. The Kier molecular flexibility index (Phi) is 6.62. The highest BCUT2D eigenvalue weighted by Crippen LogP contribution is 2.53. The predicted octanol–water partition coefficient (Wildman–Crippen LogP) is 4.99. The Morgan fingerprint density at radius 3 is 2.21 bits per heavy atom. The molecule has 160 valence electrons. The number of carbonyl (C=O) groups is 3. The molecule has 4 amide bonds. The zero-order valence-electron chi connectivity index (χ0n) is 16.8. The van der Waals surface area contributed by atoms with E-state index < -0.39 is 29.2 Å². The summed E-state index contributed by atoms with van der Waals surface area (Å²) in [5.74, 6) is -0.515. The molecule has 1 N–H and O–H groups in total. The molecule has 8 nitrogen and oxygen atoms in total. The van der Waals surface area contributed by atoms with Crippen molar-refractivity contribution in [2.45, 2.75) is 63.5 Å². The summed E-state index contributed by atoms with van der Waals surface area (Å²) < 4.78 is 6.48. The predicted molar refractivity (Wildman–Crippen MR) is 111 cm³/mol. The van der Waals surface area contributed by atoms with Gasteiger partial charge in [-0.1, -0.05) is 0 Å². The quantitative estimate of drug-likeness (QED) is 0.377. The zero-order chi connectivity index (χ0) is 22.2. The third kappa shape index (κ3) is 5.43. The van der Waals surface area contributed by atoms with Crippen molar-refractivity contribution in [2.75, 3.05) is 5.32 Å². The first-order chi connectivity index (χ1) is 13.2. The number of hydrogen-bond donors (Lipinski definition) is 1. The highest BCUT2D eigenvalue weighted by Gasteiger charge is 2.51. The molecule has 0 atom stereocenters. The van der Waals surface area contributed by atoms with Crippen molar-refractivity contribution in [2.24, 2.45) is 0 Å². The van der Waals surface area contributed by atoms with E-state index in [-0.39, 0.29) is 4.87 Å². The molecule has 1 aliphatic heterocycles. The van der Waals surface area contributed by atoms with Crippen LogP contribution in [-0.4, -0.2) is 43.0 Å². The molecular formula is C18H23Cl3N4O4. The summed E-state index contributed by atoms with van der Waals surface area (Å²) in [6.07, 6.45) is 4.66. The fourth-order valence-corrected chi connectivity index (χ4v) is 3.09. The van der Waals surface area contributed by atoms with Gasteiger partial charge in [0.2, 0.25) is 0 Å². The number of hydrogen-bond acceptors (Lipinski definition) is 5. The lowest BCUT2D eigenvalue weighted by Crippen LogP contribution is -2.38. The second kappa shape index (κ2) is 8.16. The van der Waals surface area contributed by atoms with Gasteiger partial charge in [-0.15, -0.1) is 11.6 Å². The molecule has 2 heterocycles. The summed E-state index contributed by atoms with van der Waals surface area (Å²) in [5, 5.41) is 2.73. The Balaban J connectivity index is 0.000000234. The minimum atomic E-state index is -1.04. The van der Waals surface area contributed by atoms with Crippen molar-refractivity contribution in [3.05, 3.63) is 24.0 Å². The van der Waals surface area contributed by atoms with Crippen LogP contribution in [-0.2, 0) is 14.4 Å². The normalized spacial score (nSPS) is 19.4. The second-order valence-electron chi connectivity index (χ2n) is 8.22. The topological polar surface area (TPSA) is 91.8 Å². The van der Waals surface area contributed by atoms with Gasteiger partial charge in [0.25, 0.3) is 5.91 Å². The first-order valence-electron chi connectivity index (χ1n) is 8.83. The number of urea groups is 1. The second-order valence-corrected chi connectivity index (χ2v) is 9.62. The molecule has 2 fully saturated rings. The van der Waals surface area contributed by atoms with Crippen LogP contribution in [0.1, 0.15) is 53.0 Å². The first-order valence-corrected chi connectivity index (χ1v) is 9.88. The fourth-order valence-electron chi connectivity index (χ4n) is 2.38. The third-order valence-electron chi connectivity index (χ3n) is 4.16. The van der Waals surface area contributed by atoms with E-state index >= 15 is 0 Å². The molecule has 0 bridgehead atoms. The smallest absolute Gasteiger partial charge is 0.412 e. The molecule has 0 spiro atoms. The molecule has 1 saturated heterocycles. The molecular weight excluding hydrogens is 443 g/mol. The molecule has 3 rings (SSSR count). The van der Waals surface area contributed by atoms with E-state index in [2.05, 4.69) is 10.3 Å². The van der Waals surface area contributed by atoms with E-state index in [1.165, 1.54) is 13.8 Å². The van der Waals surface area contributed by atoms with Gasteiger partial charge in [0, 0.05) is 41.5 Å². The Morgan fingerprint density at radius 1 is 1.24 bits per heavy atom. The number of imide groups is 1. The first kappa shape index (κ1) is 23.5. The summed E-state index contributed by atoms with van der Waals surface area (Å²) >= 11 is 17.1. The van der Waals surface area contributed by atoms with E-state index in [4.69, 9.17) is 39.9 Å². The summed E-state index contributed by atoms with van der Waals surface area (Å²) in [7, 11) is 0. The largest absolute Gasteiger partial charge is 0.444 e. The van der Waals surface area contributed by atoms with E-state index in [0.717, 1.165) is 22.8 Å². The van der Waals surface area contributed by atoms with Crippen molar-refractivity contribution < 1.29 is 19.1 Å². The molecule has 0 unspecified atom stereocenters. The van der Waals surface area contributed by atoms with Crippen LogP contribution in [0.4, 0.5) is 15.3 Å². The summed E-state index contributed by atoms with van der Waals surface area (Å²) in [6, 6.07) is 1.03. The number of halogens is 3. The number of anilines is 1. The molecule has 11 heteroatoms. The van der Waals surface area contributed by atoms with Crippen LogP contribution in [0.25, 0.3) is 0 Å². The maximum Gasteiger partial charge on any atom is 0.412 e. The molecule has 1 aromatic rings. The number of nitrogens with one attached hydrogen (secondary N) is 1. The number of amides is 4. The highest BCUT2D eigenvalue weighted by atomic mass is 35.5. The summed E-state index contributed by atoms with van der Waals surface area (Å²) in [4.78, 5) is 37.4. The van der Waals surface area contributed by atoms with Crippen molar-refractivity contribution in [3.8, 4) is 0 Å². The SMILES string of the molecule is CC(C)(C)OC(=O)Nc1ccncc1C1(Cl)CC1.CC1(C)C(=O)N(Cl)C(=O)N1Cl. The van der Waals surface area contributed by atoms with Gasteiger partial charge < -0.3 is 4.74 Å². The Hall–Kier alpha value is -1.77. The Morgan fingerprint density at radius 2 is 1.83 bits per heavy atom. The number of nitrogens with zero attached hydrogens (tertiary/aromatic N) is 3. The molecule has 0 aromatic carbocycles. The van der Waals surface area contributed by atoms with E-state index in [1.807, 2.05) is 20.8 Å². The van der Waals surface area contributed by atoms with Crippen molar-refractivity contribution >= 4 is 58.9 Å². The molecule has 29 heavy (non-hydrogen) atoms. The lowest BCUT2D eigenvalue weighted by atomic mass is 10.1. The number of rotatable bonds is 2. The zero-order valence-corrected chi connectivity index (χ0v) is 19.0. The molecule has 1 saturated carbocycles. The van der Waals surface area contributed by atoms with Gasteiger partial charge in [0.15, 0.2) is 0 Å². The van der Waals surface area contributed by atoms with E-state index in [1.54, 1.807) is 18.5 Å². The number of alkyl halides is 1. The lowest BCUT2D eigenvalue weighted by molar-refractivity contribution is -0.127. The average Bonchev–Trinajstić information content (AvgIpc) is 3.34. The van der Waals surface area contributed by atoms with Gasteiger partial charge in [-0.3, -0.25) is 15.1 Å². The van der Waals surface area contributed by atoms with Crippen LogP contribution in [0.2, 0.25) is 0 Å². The number of pyridine rings is 1. The maximum absolute atomic E-state index is 11.7. The van der Waals surface area contributed by atoms with Gasteiger partial charge in [0.1, 0.15) is 11.1 Å². The van der Waals surface area contributed by atoms with Gasteiger partial charge in [0.05, 0.1) is 10.6 Å². The average molecular weight is 466 g/mol. The van der Waals surface area contributed by atoms with Crippen LogP contribution >= 0.6 is 35.2 Å². The van der Waals surface area contributed by atoms with Crippen LogP contribution < -0.4 is 5.32 Å². The highest BCUT2D eigenvalue weighted by molar-refractivity contribution is 6.38. The standard InChI is InChI=1S/C13H17ClN2O2.C5H6Cl2N2O2/c1-12(2,3)18-11(17)16-10-4-7-15-8-9(10)13(14)5-6-13;1-5(2)3(10)8(6)4(11)9(5)7/h4,7-8H,5-6H2,1-3H3,(H,15,16,17);1-2H3. The Labute approximate surface area is 184 Å². The van der Waals surface area contributed by atoms with Crippen molar-refractivity contribution in [1.82, 2.24) is 13.8 Å². The lowest BCUT2D eigenvalue weighted by Gasteiger charge is -2.21. The number of ether oxygens (including phenoxy) is 1. The monoisotopic (exact) mass is 464 g/mol. The van der Waals surface area contributed by atoms with Crippen LogP contribution in [0, 0.1) is 0 Å². The van der Waals surface area contributed by atoms with Gasteiger partial charge in [-0.25, -0.2) is 14.0 Å². The number of aromatic nitrogens is 1. The van der Waals surface area contributed by atoms with Gasteiger partial charge in [-0.05, 0) is 53.5 Å². The van der Waals surface area contributed by atoms with Gasteiger partial charge in [-0.2, -0.15) is 4.42 Å².